The monoisotopic (exact) mass is 235 g/mol. The molecule has 1 aromatic carbocycles. The number of para-hydroxylation sites is 1. The van der Waals surface area contributed by atoms with E-state index in [-0.39, 0.29) is 11.5 Å². The average molecular weight is 235 g/mol. The first-order valence-corrected chi connectivity index (χ1v) is 6.29. The molecule has 2 N–H and O–H groups in total. The summed E-state index contributed by atoms with van der Waals surface area (Å²) in [4.78, 5) is 0. The van der Waals surface area contributed by atoms with Gasteiger partial charge in [-0.05, 0) is 23.0 Å². The summed E-state index contributed by atoms with van der Waals surface area (Å²) in [7, 11) is 0. The molecule has 1 aromatic rings. The van der Waals surface area contributed by atoms with Gasteiger partial charge in [-0.1, -0.05) is 52.8 Å². The largest absolute Gasteiger partial charge is 0.492 e. The van der Waals surface area contributed by atoms with Gasteiger partial charge < -0.3 is 10.5 Å². The maximum absolute atomic E-state index is 6.10. The fourth-order valence-electron chi connectivity index (χ4n) is 1.52. The molecule has 0 bridgehead atoms. The number of ether oxygens (including phenoxy) is 1. The van der Waals surface area contributed by atoms with Crippen molar-refractivity contribution in [1.82, 2.24) is 0 Å². The van der Waals surface area contributed by atoms with Gasteiger partial charge >= 0.3 is 0 Å². The normalized spacial score (nSPS) is 13.8. The summed E-state index contributed by atoms with van der Waals surface area (Å²) in [6.07, 6.45) is 0. The second-order valence-electron chi connectivity index (χ2n) is 5.98. The molecule has 1 atom stereocenters. The van der Waals surface area contributed by atoms with Gasteiger partial charge in [0.05, 0.1) is 0 Å². The zero-order valence-electron chi connectivity index (χ0n) is 11.7. The number of benzene rings is 1. The van der Waals surface area contributed by atoms with Gasteiger partial charge in [0.15, 0.2) is 0 Å². The van der Waals surface area contributed by atoms with Crippen molar-refractivity contribution in [2.24, 2.45) is 11.1 Å². The van der Waals surface area contributed by atoms with E-state index in [2.05, 4.69) is 40.7 Å². The van der Waals surface area contributed by atoms with E-state index in [0.717, 1.165) is 5.75 Å². The lowest BCUT2D eigenvalue weighted by molar-refractivity contribution is 0.204. The molecule has 17 heavy (non-hydrogen) atoms. The van der Waals surface area contributed by atoms with Gasteiger partial charge in [0.1, 0.15) is 12.4 Å². The zero-order valence-corrected chi connectivity index (χ0v) is 11.7. The van der Waals surface area contributed by atoms with Crippen LogP contribution < -0.4 is 10.5 Å². The first-order chi connectivity index (χ1) is 7.82. The Hall–Kier alpha value is -1.02. The van der Waals surface area contributed by atoms with E-state index in [0.29, 0.717) is 12.5 Å². The molecule has 1 rings (SSSR count). The van der Waals surface area contributed by atoms with Crippen molar-refractivity contribution >= 4 is 0 Å². The van der Waals surface area contributed by atoms with E-state index in [1.807, 2.05) is 18.2 Å². The number of rotatable bonds is 4. The van der Waals surface area contributed by atoms with E-state index >= 15 is 0 Å². The maximum atomic E-state index is 6.10. The van der Waals surface area contributed by atoms with Crippen molar-refractivity contribution < 1.29 is 4.74 Å². The Morgan fingerprint density at radius 1 is 1.18 bits per heavy atom. The van der Waals surface area contributed by atoms with Crippen LogP contribution in [-0.4, -0.2) is 12.6 Å². The minimum absolute atomic E-state index is 0.0442. The van der Waals surface area contributed by atoms with E-state index in [4.69, 9.17) is 10.5 Å². The summed E-state index contributed by atoms with van der Waals surface area (Å²) in [5.74, 6) is 1.43. The van der Waals surface area contributed by atoms with Crippen LogP contribution in [0.5, 0.6) is 5.75 Å². The van der Waals surface area contributed by atoms with Crippen LogP contribution in [0.15, 0.2) is 24.3 Å². The lowest BCUT2D eigenvalue weighted by Gasteiger charge is -2.27. The second-order valence-corrected chi connectivity index (χ2v) is 5.98. The molecule has 0 aromatic heterocycles. The first kappa shape index (κ1) is 14.0. The Balaban J connectivity index is 2.70. The van der Waals surface area contributed by atoms with Crippen LogP contribution in [0.3, 0.4) is 0 Å². The molecule has 0 heterocycles. The van der Waals surface area contributed by atoms with Crippen molar-refractivity contribution in [3.63, 3.8) is 0 Å². The molecule has 2 heteroatoms. The van der Waals surface area contributed by atoms with E-state index in [1.54, 1.807) is 0 Å². The Morgan fingerprint density at radius 2 is 1.76 bits per heavy atom. The van der Waals surface area contributed by atoms with Crippen LogP contribution in [0.1, 0.15) is 46.1 Å². The summed E-state index contributed by atoms with van der Waals surface area (Å²) in [6.45, 7) is 11.3. The highest BCUT2D eigenvalue weighted by atomic mass is 16.5. The summed E-state index contributed by atoms with van der Waals surface area (Å²) in [5.41, 5.74) is 7.42. The van der Waals surface area contributed by atoms with Crippen molar-refractivity contribution in [2.75, 3.05) is 6.61 Å². The molecular weight excluding hydrogens is 210 g/mol. The van der Waals surface area contributed by atoms with Gasteiger partial charge in [-0.2, -0.15) is 0 Å². The van der Waals surface area contributed by atoms with Gasteiger partial charge in [-0.3, -0.25) is 0 Å². The molecule has 0 fully saturated rings. The predicted molar refractivity (Wildman–Crippen MR) is 73.5 cm³/mol. The molecule has 0 spiro atoms. The van der Waals surface area contributed by atoms with Crippen LogP contribution in [0.2, 0.25) is 0 Å². The summed E-state index contributed by atoms with van der Waals surface area (Å²) in [6, 6.07) is 8.23. The standard InChI is InChI=1S/C15H25NO/c1-11(2)12-8-6-7-9-13(12)17-10-14(16)15(3,4)5/h6-9,11,14H,10,16H2,1-5H3. The number of hydrogen-bond acceptors (Lipinski definition) is 2. The minimum atomic E-state index is 0.0442. The summed E-state index contributed by atoms with van der Waals surface area (Å²) >= 11 is 0. The van der Waals surface area contributed by atoms with Gasteiger partial charge in [0.2, 0.25) is 0 Å². The van der Waals surface area contributed by atoms with Crippen molar-refractivity contribution in [2.45, 2.75) is 46.6 Å². The Morgan fingerprint density at radius 3 is 2.29 bits per heavy atom. The van der Waals surface area contributed by atoms with Crippen molar-refractivity contribution in [3.8, 4) is 5.75 Å². The summed E-state index contributed by atoms with van der Waals surface area (Å²) < 4.78 is 5.86. The Bertz CT molecular complexity index is 352. The lowest BCUT2D eigenvalue weighted by Crippen LogP contribution is -2.40. The molecule has 0 saturated carbocycles. The highest BCUT2D eigenvalue weighted by Crippen LogP contribution is 2.27. The fraction of sp³-hybridized carbons (Fsp3) is 0.600. The van der Waals surface area contributed by atoms with Crippen molar-refractivity contribution in [3.05, 3.63) is 29.8 Å². The van der Waals surface area contributed by atoms with Gasteiger partial charge in [-0.25, -0.2) is 0 Å². The van der Waals surface area contributed by atoms with Crippen LogP contribution in [0.25, 0.3) is 0 Å². The van der Waals surface area contributed by atoms with Crippen LogP contribution in [0.4, 0.5) is 0 Å². The molecule has 0 radical (unpaired) electrons. The quantitative estimate of drug-likeness (QED) is 0.866. The average Bonchev–Trinajstić information content (AvgIpc) is 2.24. The summed E-state index contributed by atoms with van der Waals surface area (Å²) in [5, 5.41) is 0. The second kappa shape index (κ2) is 5.54. The van der Waals surface area contributed by atoms with Crippen LogP contribution in [-0.2, 0) is 0 Å². The van der Waals surface area contributed by atoms with E-state index in [9.17, 15) is 0 Å². The van der Waals surface area contributed by atoms with Gasteiger partial charge in [-0.15, -0.1) is 0 Å². The molecule has 0 aliphatic carbocycles. The molecule has 1 unspecified atom stereocenters. The third kappa shape index (κ3) is 4.04. The fourth-order valence-corrected chi connectivity index (χ4v) is 1.52. The van der Waals surface area contributed by atoms with Gasteiger partial charge in [0, 0.05) is 6.04 Å². The number of hydrogen-bond donors (Lipinski definition) is 1. The molecule has 96 valence electrons. The smallest absolute Gasteiger partial charge is 0.122 e. The van der Waals surface area contributed by atoms with Crippen molar-refractivity contribution in [1.29, 1.82) is 0 Å². The zero-order chi connectivity index (χ0) is 13.1. The van der Waals surface area contributed by atoms with E-state index < -0.39 is 0 Å². The highest BCUT2D eigenvalue weighted by molar-refractivity contribution is 5.35. The third-order valence-corrected chi connectivity index (χ3v) is 3.07. The minimum Gasteiger partial charge on any atom is -0.492 e. The maximum Gasteiger partial charge on any atom is 0.122 e. The molecule has 0 amide bonds. The topological polar surface area (TPSA) is 35.2 Å². The first-order valence-electron chi connectivity index (χ1n) is 6.29. The molecule has 0 aliphatic heterocycles. The van der Waals surface area contributed by atoms with Crippen LogP contribution in [0, 0.1) is 5.41 Å². The lowest BCUT2D eigenvalue weighted by atomic mass is 9.88. The third-order valence-electron chi connectivity index (χ3n) is 3.07. The SMILES string of the molecule is CC(C)c1ccccc1OCC(N)C(C)(C)C. The molecule has 0 saturated heterocycles. The predicted octanol–water partition coefficient (Wildman–Crippen LogP) is 3.56. The highest BCUT2D eigenvalue weighted by Gasteiger charge is 2.21. The molecule has 0 aliphatic rings. The Kier molecular flexibility index (Phi) is 4.58. The molecular formula is C15H25NO. The van der Waals surface area contributed by atoms with E-state index in [1.165, 1.54) is 5.56 Å². The number of nitrogens with two attached hydrogens (primary N) is 1. The Labute approximate surface area is 105 Å². The van der Waals surface area contributed by atoms with Crippen LogP contribution >= 0.6 is 0 Å². The van der Waals surface area contributed by atoms with Gasteiger partial charge in [0.25, 0.3) is 0 Å². The molecule has 2 nitrogen and oxygen atoms in total.